The van der Waals surface area contributed by atoms with Gasteiger partial charge in [0.1, 0.15) is 17.4 Å². The van der Waals surface area contributed by atoms with Gasteiger partial charge in [-0.3, -0.25) is 4.79 Å². The summed E-state index contributed by atoms with van der Waals surface area (Å²) in [5, 5.41) is 6.69. The molecule has 1 aliphatic carbocycles. The number of carbonyl (C=O) groups is 1. The van der Waals surface area contributed by atoms with Crippen LogP contribution in [0.1, 0.15) is 31.2 Å². The van der Waals surface area contributed by atoms with E-state index in [2.05, 4.69) is 36.5 Å². The number of hydrogen-bond acceptors (Lipinski definition) is 7. The second-order valence-corrected chi connectivity index (χ2v) is 7.93. The van der Waals surface area contributed by atoms with Crippen molar-refractivity contribution in [2.75, 3.05) is 24.7 Å². The molecule has 8 nitrogen and oxygen atoms in total. The van der Waals surface area contributed by atoms with Gasteiger partial charge in [-0.25, -0.2) is 19.9 Å². The van der Waals surface area contributed by atoms with Crippen LogP contribution in [0, 0.1) is 18.3 Å². The van der Waals surface area contributed by atoms with Gasteiger partial charge in [-0.1, -0.05) is 12.0 Å². The Bertz CT molecular complexity index is 1130. The minimum atomic E-state index is 0.105. The molecule has 0 saturated heterocycles. The smallest absolute Gasteiger partial charge is 0.225 e. The highest BCUT2D eigenvalue weighted by atomic mass is 16.2. The van der Waals surface area contributed by atoms with Crippen molar-refractivity contribution >= 4 is 34.4 Å². The molecule has 3 aromatic rings. The van der Waals surface area contributed by atoms with Crippen LogP contribution in [-0.2, 0) is 4.79 Å². The lowest BCUT2D eigenvalue weighted by Crippen LogP contribution is -2.35. The second-order valence-electron chi connectivity index (χ2n) is 7.93. The fraction of sp³-hybridized carbons (Fsp3) is 0.348. The lowest BCUT2D eigenvalue weighted by molar-refractivity contribution is -0.133. The van der Waals surface area contributed by atoms with Crippen LogP contribution in [0.2, 0.25) is 0 Å². The van der Waals surface area contributed by atoms with Crippen LogP contribution >= 0.6 is 0 Å². The van der Waals surface area contributed by atoms with Gasteiger partial charge < -0.3 is 15.5 Å². The van der Waals surface area contributed by atoms with E-state index in [1.807, 2.05) is 38.4 Å². The van der Waals surface area contributed by atoms with E-state index < -0.39 is 0 Å². The van der Waals surface area contributed by atoms with Crippen molar-refractivity contribution < 1.29 is 4.79 Å². The third-order valence-corrected chi connectivity index (χ3v) is 5.52. The Hall–Kier alpha value is -3.73. The number of terminal acetylenes is 1. The number of nitrogens with one attached hydrogen (secondary N) is 2. The van der Waals surface area contributed by atoms with E-state index in [0.717, 1.165) is 36.9 Å². The van der Waals surface area contributed by atoms with Crippen LogP contribution in [0.5, 0.6) is 0 Å². The van der Waals surface area contributed by atoms with E-state index in [1.165, 1.54) is 6.33 Å². The summed E-state index contributed by atoms with van der Waals surface area (Å²) in [4.78, 5) is 31.6. The van der Waals surface area contributed by atoms with Crippen LogP contribution in [0.4, 0.5) is 17.5 Å². The number of aromatic nitrogens is 4. The molecular formula is C23H25N7O. The Morgan fingerprint density at radius 2 is 1.97 bits per heavy atom. The molecule has 0 bridgehead atoms. The molecule has 2 N–H and O–H groups in total. The lowest BCUT2D eigenvalue weighted by Gasteiger charge is -2.29. The number of carbonyl (C=O) groups excluding carboxylic acids is 1. The molecule has 1 amide bonds. The molecule has 1 aliphatic rings. The van der Waals surface area contributed by atoms with E-state index in [1.54, 1.807) is 11.1 Å². The average Bonchev–Trinajstić information content (AvgIpc) is 2.79. The number of anilines is 3. The summed E-state index contributed by atoms with van der Waals surface area (Å²) in [6, 6.07) is 7.79. The number of nitrogens with zero attached hydrogens (tertiary/aromatic N) is 5. The highest BCUT2D eigenvalue weighted by Crippen LogP contribution is 2.28. The molecule has 8 heteroatoms. The lowest BCUT2D eigenvalue weighted by atomic mass is 9.85. The van der Waals surface area contributed by atoms with Crippen LogP contribution in [0.3, 0.4) is 0 Å². The van der Waals surface area contributed by atoms with Crippen molar-refractivity contribution in [3.63, 3.8) is 0 Å². The predicted molar refractivity (Wildman–Crippen MR) is 121 cm³/mol. The zero-order valence-electron chi connectivity index (χ0n) is 17.7. The number of benzene rings is 1. The van der Waals surface area contributed by atoms with Gasteiger partial charge in [0.05, 0.1) is 6.20 Å². The Morgan fingerprint density at radius 3 is 2.71 bits per heavy atom. The van der Waals surface area contributed by atoms with Gasteiger partial charge in [-0.2, -0.15) is 0 Å². The van der Waals surface area contributed by atoms with Crippen molar-refractivity contribution in [2.45, 2.75) is 31.7 Å². The van der Waals surface area contributed by atoms with Gasteiger partial charge in [0.25, 0.3) is 0 Å². The SMILES string of the molecule is C#Cc1cccc(Nc2ncnc3cnc(N[C@H]4CC[C@H](C(=O)N(C)C)CC4)nc23)c1. The van der Waals surface area contributed by atoms with Crippen LogP contribution in [-0.4, -0.2) is 50.9 Å². The standard InChI is InChI=1S/C23H25N7O/c1-4-15-6-5-7-18(12-15)27-21-20-19(25-14-26-21)13-24-23(29-20)28-17-10-8-16(9-11-17)22(31)30(2)3/h1,5-7,12-14,16-17H,8-11H2,2-3H3,(H,24,28,29)(H,25,26,27)/t16-,17-. The molecule has 4 rings (SSSR count). The predicted octanol–water partition coefficient (Wildman–Crippen LogP) is 3.20. The first kappa shape index (κ1) is 20.5. The van der Waals surface area contributed by atoms with Gasteiger partial charge in [0.2, 0.25) is 11.9 Å². The molecule has 2 heterocycles. The molecule has 1 saturated carbocycles. The fourth-order valence-electron chi connectivity index (χ4n) is 3.87. The highest BCUT2D eigenvalue weighted by Gasteiger charge is 2.27. The second kappa shape index (κ2) is 8.96. The molecule has 158 valence electrons. The molecule has 1 fully saturated rings. The summed E-state index contributed by atoms with van der Waals surface area (Å²) in [5.41, 5.74) is 2.88. The third-order valence-electron chi connectivity index (χ3n) is 5.52. The van der Waals surface area contributed by atoms with E-state index in [4.69, 9.17) is 6.42 Å². The zero-order chi connectivity index (χ0) is 21.8. The number of hydrogen-bond donors (Lipinski definition) is 2. The zero-order valence-corrected chi connectivity index (χ0v) is 17.7. The van der Waals surface area contributed by atoms with E-state index in [0.29, 0.717) is 22.8 Å². The molecule has 0 radical (unpaired) electrons. The summed E-state index contributed by atoms with van der Waals surface area (Å²) in [6.07, 6.45) is 12.2. The first-order chi connectivity index (χ1) is 15.0. The van der Waals surface area contributed by atoms with Gasteiger partial charge >= 0.3 is 0 Å². The van der Waals surface area contributed by atoms with E-state index in [-0.39, 0.29) is 17.9 Å². The van der Waals surface area contributed by atoms with Gasteiger partial charge in [0, 0.05) is 37.3 Å². The maximum absolute atomic E-state index is 12.2. The molecule has 0 unspecified atom stereocenters. The number of amides is 1. The fourth-order valence-corrected chi connectivity index (χ4v) is 3.87. The van der Waals surface area contributed by atoms with Crippen molar-refractivity contribution in [3.05, 3.63) is 42.4 Å². The normalized spacial score (nSPS) is 18.2. The molecular weight excluding hydrogens is 390 g/mol. The first-order valence-electron chi connectivity index (χ1n) is 10.3. The van der Waals surface area contributed by atoms with E-state index in [9.17, 15) is 4.79 Å². The monoisotopic (exact) mass is 415 g/mol. The minimum absolute atomic E-state index is 0.105. The number of rotatable bonds is 5. The maximum atomic E-state index is 12.2. The molecule has 0 atom stereocenters. The summed E-state index contributed by atoms with van der Waals surface area (Å²) in [6.45, 7) is 0. The molecule has 1 aromatic carbocycles. The van der Waals surface area contributed by atoms with Crippen molar-refractivity contribution in [2.24, 2.45) is 5.92 Å². The summed E-state index contributed by atoms with van der Waals surface area (Å²) in [5.74, 6) is 4.06. The Labute approximate surface area is 181 Å². The van der Waals surface area contributed by atoms with Crippen molar-refractivity contribution in [3.8, 4) is 12.3 Å². The maximum Gasteiger partial charge on any atom is 0.225 e. The highest BCUT2D eigenvalue weighted by molar-refractivity contribution is 5.87. The van der Waals surface area contributed by atoms with Gasteiger partial charge in [-0.05, 0) is 43.9 Å². The van der Waals surface area contributed by atoms with Gasteiger partial charge in [-0.15, -0.1) is 6.42 Å². The summed E-state index contributed by atoms with van der Waals surface area (Å²) >= 11 is 0. The van der Waals surface area contributed by atoms with Crippen LogP contribution in [0.25, 0.3) is 11.0 Å². The van der Waals surface area contributed by atoms with E-state index >= 15 is 0 Å². The van der Waals surface area contributed by atoms with Crippen molar-refractivity contribution in [1.82, 2.24) is 24.8 Å². The molecule has 0 aliphatic heterocycles. The quantitative estimate of drug-likeness (QED) is 0.618. The molecule has 31 heavy (non-hydrogen) atoms. The average molecular weight is 416 g/mol. The van der Waals surface area contributed by atoms with Crippen molar-refractivity contribution in [1.29, 1.82) is 0 Å². The number of fused-ring (bicyclic) bond motifs is 1. The topological polar surface area (TPSA) is 95.9 Å². The Morgan fingerprint density at radius 1 is 1.16 bits per heavy atom. The molecule has 0 spiro atoms. The minimum Gasteiger partial charge on any atom is -0.351 e. The summed E-state index contributed by atoms with van der Waals surface area (Å²) in [7, 11) is 3.62. The van der Waals surface area contributed by atoms with Gasteiger partial charge in [0.15, 0.2) is 5.82 Å². The molecule has 2 aromatic heterocycles. The first-order valence-corrected chi connectivity index (χ1v) is 10.3. The third kappa shape index (κ3) is 4.72. The Kier molecular flexibility index (Phi) is 5.94. The largest absolute Gasteiger partial charge is 0.351 e. The Balaban J connectivity index is 1.50. The summed E-state index contributed by atoms with van der Waals surface area (Å²) < 4.78 is 0. The van der Waals surface area contributed by atoms with Crippen LogP contribution < -0.4 is 10.6 Å². The van der Waals surface area contributed by atoms with Crippen LogP contribution in [0.15, 0.2) is 36.8 Å².